The molecule has 1 aromatic heterocycles. The van der Waals surface area contributed by atoms with E-state index < -0.39 is 17.4 Å². The third-order valence-corrected chi connectivity index (χ3v) is 2.40. The summed E-state index contributed by atoms with van der Waals surface area (Å²) in [4.78, 5) is 11.5. The van der Waals surface area contributed by atoms with Crippen LogP contribution in [0, 0.1) is 6.92 Å². The summed E-state index contributed by atoms with van der Waals surface area (Å²) in [6, 6.07) is 2.87. The fraction of sp³-hybridized carbons (Fsp3) is 0.308. The van der Waals surface area contributed by atoms with Gasteiger partial charge < -0.3 is 9.52 Å². The van der Waals surface area contributed by atoms with Crippen molar-refractivity contribution in [1.82, 2.24) is 0 Å². The van der Waals surface area contributed by atoms with Gasteiger partial charge in [-0.1, -0.05) is 13.8 Å². The normalized spacial score (nSPS) is 11.1. The number of fused-ring (bicyclic) bond motifs is 1. The summed E-state index contributed by atoms with van der Waals surface area (Å²) < 4.78 is 41.9. The summed E-state index contributed by atoms with van der Waals surface area (Å²) in [5, 5.41) is 9.37. The zero-order valence-corrected chi connectivity index (χ0v) is 10.6. The number of hydrogen-bond acceptors (Lipinski definition) is 3. The molecule has 0 radical (unpaired) electrons. The lowest BCUT2D eigenvalue weighted by Gasteiger charge is -2.08. The number of aryl methyl sites for hydroxylation is 1. The molecule has 104 valence electrons. The molecule has 3 nitrogen and oxygen atoms in total. The quantitative estimate of drug-likeness (QED) is 0.793. The van der Waals surface area contributed by atoms with Crippen LogP contribution < -0.4 is 5.43 Å². The molecular weight excluding hydrogens is 261 g/mol. The number of hydrogen-bond donors (Lipinski definition) is 1. The molecule has 0 bridgehead atoms. The van der Waals surface area contributed by atoms with Gasteiger partial charge in [-0.2, -0.15) is 13.2 Å². The molecule has 0 aliphatic rings. The van der Waals surface area contributed by atoms with Gasteiger partial charge >= 0.3 is 6.18 Å². The average Bonchev–Trinajstić information content (AvgIpc) is 2.35. The zero-order chi connectivity index (χ0) is 14.8. The van der Waals surface area contributed by atoms with Gasteiger partial charge in [0.2, 0.25) is 5.76 Å². The maximum Gasteiger partial charge on any atom is 0.449 e. The van der Waals surface area contributed by atoms with Gasteiger partial charge in [0, 0.05) is 11.6 Å². The van der Waals surface area contributed by atoms with Crippen molar-refractivity contribution in [3.8, 4) is 5.75 Å². The monoisotopic (exact) mass is 274 g/mol. The lowest BCUT2D eigenvalue weighted by atomic mass is 10.1. The minimum atomic E-state index is -4.73. The van der Waals surface area contributed by atoms with Gasteiger partial charge in [-0.25, -0.2) is 0 Å². The maximum absolute atomic E-state index is 12.4. The van der Waals surface area contributed by atoms with Crippen LogP contribution in [-0.2, 0) is 6.18 Å². The Morgan fingerprint density at radius 3 is 2.32 bits per heavy atom. The molecule has 1 aromatic carbocycles. The maximum atomic E-state index is 12.4. The summed E-state index contributed by atoms with van der Waals surface area (Å²) in [6.45, 7) is 5.38. The van der Waals surface area contributed by atoms with Gasteiger partial charge in [-0.3, -0.25) is 4.79 Å². The lowest BCUT2D eigenvalue weighted by molar-refractivity contribution is -0.152. The van der Waals surface area contributed by atoms with Crippen molar-refractivity contribution in [3.05, 3.63) is 39.7 Å². The summed E-state index contributed by atoms with van der Waals surface area (Å²) in [6.07, 6.45) is -4.73. The number of alkyl halides is 3. The third-order valence-electron chi connectivity index (χ3n) is 2.40. The van der Waals surface area contributed by atoms with Gasteiger partial charge in [0.15, 0.2) is 5.43 Å². The fourth-order valence-electron chi connectivity index (χ4n) is 1.48. The Morgan fingerprint density at radius 1 is 1.21 bits per heavy atom. The summed E-state index contributed by atoms with van der Waals surface area (Å²) in [5.74, 6) is -1.59. The molecule has 0 amide bonds. The van der Waals surface area contributed by atoms with E-state index in [1.165, 1.54) is 19.1 Å². The van der Waals surface area contributed by atoms with Crippen molar-refractivity contribution in [3.63, 3.8) is 0 Å². The molecule has 0 saturated carbocycles. The molecule has 0 saturated heterocycles. The van der Waals surface area contributed by atoms with Gasteiger partial charge in [-0.05, 0) is 19.1 Å². The first-order valence-electron chi connectivity index (χ1n) is 5.64. The van der Waals surface area contributed by atoms with E-state index >= 15 is 0 Å². The van der Waals surface area contributed by atoms with Crippen LogP contribution in [0.15, 0.2) is 27.4 Å². The molecule has 0 aliphatic heterocycles. The van der Waals surface area contributed by atoms with E-state index in [0.717, 1.165) is 0 Å². The van der Waals surface area contributed by atoms with E-state index in [2.05, 4.69) is 4.42 Å². The molecule has 0 unspecified atom stereocenters. The predicted octanol–water partition coefficient (Wildman–Crippen LogP) is 3.85. The lowest BCUT2D eigenvalue weighted by Crippen LogP contribution is -2.11. The number of aromatic hydroxyl groups is 1. The average molecular weight is 274 g/mol. The van der Waals surface area contributed by atoms with Crippen molar-refractivity contribution < 1.29 is 22.7 Å². The van der Waals surface area contributed by atoms with Crippen LogP contribution in [-0.4, -0.2) is 5.11 Å². The second-order valence-corrected chi connectivity index (χ2v) is 3.56. The first kappa shape index (κ1) is 15.1. The largest absolute Gasteiger partial charge is 0.508 e. The number of halogens is 3. The number of phenolic OH excluding ortho intramolecular Hbond substituents is 1. The Balaban J connectivity index is 0.000000861. The zero-order valence-electron chi connectivity index (χ0n) is 10.6. The SMILES string of the molecule is CC.Cc1c(O)ccc2c(=O)cc(C(F)(F)F)oc12. The van der Waals surface area contributed by atoms with Crippen LogP contribution in [0.2, 0.25) is 0 Å². The fourth-order valence-corrected chi connectivity index (χ4v) is 1.48. The smallest absolute Gasteiger partial charge is 0.449 e. The molecule has 0 fully saturated rings. The molecule has 2 rings (SSSR count). The molecule has 0 aliphatic carbocycles. The van der Waals surface area contributed by atoms with Crippen LogP contribution in [0.5, 0.6) is 5.75 Å². The first-order valence-corrected chi connectivity index (χ1v) is 5.64. The van der Waals surface area contributed by atoms with Crippen LogP contribution in [0.1, 0.15) is 25.2 Å². The van der Waals surface area contributed by atoms with E-state index in [1.54, 1.807) is 0 Å². The highest BCUT2D eigenvalue weighted by Gasteiger charge is 2.35. The minimum Gasteiger partial charge on any atom is -0.508 e. The summed E-state index contributed by atoms with van der Waals surface area (Å²) in [5.41, 5.74) is -0.933. The van der Waals surface area contributed by atoms with Crippen LogP contribution >= 0.6 is 0 Å². The number of rotatable bonds is 0. The minimum absolute atomic E-state index is 0.00769. The topological polar surface area (TPSA) is 50.4 Å². The van der Waals surface area contributed by atoms with Crippen molar-refractivity contribution in [2.75, 3.05) is 0 Å². The van der Waals surface area contributed by atoms with Crippen molar-refractivity contribution in [2.24, 2.45) is 0 Å². The van der Waals surface area contributed by atoms with Gasteiger partial charge in [0.05, 0.1) is 5.39 Å². The van der Waals surface area contributed by atoms with Gasteiger partial charge in [-0.15, -0.1) is 0 Å². The highest BCUT2D eigenvalue weighted by atomic mass is 19.4. The van der Waals surface area contributed by atoms with E-state index in [9.17, 15) is 23.1 Å². The van der Waals surface area contributed by atoms with Crippen molar-refractivity contribution in [2.45, 2.75) is 26.9 Å². The van der Waals surface area contributed by atoms with Crippen molar-refractivity contribution in [1.29, 1.82) is 0 Å². The van der Waals surface area contributed by atoms with E-state index in [0.29, 0.717) is 6.07 Å². The third kappa shape index (κ3) is 2.89. The molecule has 1 heterocycles. The summed E-state index contributed by atoms with van der Waals surface area (Å²) >= 11 is 0. The standard InChI is InChI=1S/C11H7F3O3.C2H6/c1-5-7(15)3-2-6-8(16)4-9(11(12,13)14)17-10(5)6;1-2/h2-4,15H,1H3;1-2H3. The summed E-state index contributed by atoms with van der Waals surface area (Å²) in [7, 11) is 0. The van der Waals surface area contributed by atoms with Crippen LogP contribution in [0.4, 0.5) is 13.2 Å². The molecule has 1 N–H and O–H groups in total. The van der Waals surface area contributed by atoms with Crippen LogP contribution in [0.25, 0.3) is 11.0 Å². The van der Waals surface area contributed by atoms with Crippen molar-refractivity contribution >= 4 is 11.0 Å². The molecule has 19 heavy (non-hydrogen) atoms. The Hall–Kier alpha value is -1.98. The Kier molecular flexibility index (Phi) is 4.24. The predicted molar refractivity (Wildman–Crippen MR) is 65.2 cm³/mol. The molecular formula is C13H13F3O3. The van der Waals surface area contributed by atoms with Gasteiger partial charge in [0.1, 0.15) is 11.3 Å². The highest BCUT2D eigenvalue weighted by molar-refractivity contribution is 5.81. The van der Waals surface area contributed by atoms with Gasteiger partial charge in [0.25, 0.3) is 0 Å². The second-order valence-electron chi connectivity index (χ2n) is 3.56. The van der Waals surface area contributed by atoms with Crippen LogP contribution in [0.3, 0.4) is 0 Å². The Morgan fingerprint density at radius 2 is 1.79 bits per heavy atom. The van der Waals surface area contributed by atoms with E-state index in [4.69, 9.17) is 0 Å². The first-order chi connectivity index (χ1) is 8.80. The Labute approximate surface area is 107 Å². The van der Waals surface area contributed by atoms with E-state index in [-0.39, 0.29) is 22.3 Å². The molecule has 0 atom stereocenters. The Bertz CT molecular complexity index is 642. The number of benzene rings is 1. The second kappa shape index (κ2) is 5.34. The molecule has 6 heteroatoms. The number of phenols is 1. The molecule has 2 aromatic rings. The van der Waals surface area contributed by atoms with E-state index in [1.807, 2.05) is 13.8 Å². The molecule has 0 spiro atoms. The highest BCUT2D eigenvalue weighted by Crippen LogP contribution is 2.32.